The summed E-state index contributed by atoms with van der Waals surface area (Å²) in [7, 11) is 0. The van der Waals surface area contributed by atoms with Crippen LogP contribution in [0.4, 0.5) is 4.39 Å². The topological polar surface area (TPSA) is 76.6 Å². The molecule has 0 spiro atoms. The first kappa shape index (κ1) is 13.0. The van der Waals surface area contributed by atoms with Gasteiger partial charge in [0.1, 0.15) is 11.3 Å². The van der Waals surface area contributed by atoms with Crippen molar-refractivity contribution in [1.29, 1.82) is 0 Å². The van der Waals surface area contributed by atoms with Gasteiger partial charge in [0.25, 0.3) is 5.56 Å². The molecule has 0 atom stereocenters. The van der Waals surface area contributed by atoms with Crippen molar-refractivity contribution < 1.29 is 14.3 Å². The summed E-state index contributed by atoms with van der Waals surface area (Å²) in [6, 6.07) is 4.95. The summed E-state index contributed by atoms with van der Waals surface area (Å²) in [5.74, 6) is -1.71. The highest BCUT2D eigenvalue weighted by Crippen LogP contribution is 2.13. The Bertz CT molecular complexity index is 898. The second kappa shape index (κ2) is 4.86. The number of carboxylic acids is 1. The number of hydrogen-bond acceptors (Lipinski definition) is 3. The number of fused-ring (bicyclic) bond motifs is 1. The van der Waals surface area contributed by atoms with Crippen LogP contribution in [0.15, 0.2) is 47.7 Å². The van der Waals surface area contributed by atoms with Crippen LogP contribution in [0.5, 0.6) is 0 Å². The molecule has 0 saturated heterocycles. The van der Waals surface area contributed by atoms with Gasteiger partial charge in [0.15, 0.2) is 0 Å². The van der Waals surface area contributed by atoms with Gasteiger partial charge in [0, 0.05) is 12.4 Å². The maximum atomic E-state index is 13.3. The molecule has 6 nitrogen and oxygen atoms in total. The van der Waals surface area contributed by atoms with Gasteiger partial charge >= 0.3 is 5.97 Å². The quantitative estimate of drug-likeness (QED) is 0.789. The first-order valence-electron chi connectivity index (χ1n) is 6.11. The lowest BCUT2D eigenvalue weighted by Gasteiger charge is -2.09. The number of carboxylic acid groups (broad SMARTS) is 1. The lowest BCUT2D eigenvalue weighted by atomic mass is 10.1. The molecule has 7 heteroatoms. The summed E-state index contributed by atoms with van der Waals surface area (Å²) in [6.07, 6.45) is 4.56. The molecule has 0 aliphatic carbocycles. The van der Waals surface area contributed by atoms with Crippen molar-refractivity contribution in [3.05, 3.63) is 70.2 Å². The molecule has 0 unspecified atom stereocenters. The summed E-state index contributed by atoms with van der Waals surface area (Å²) in [5.41, 5.74) is 0.242. The Labute approximate surface area is 117 Å². The largest absolute Gasteiger partial charge is 0.478 e. The SMILES string of the molecule is O=C(O)c1ccc(F)cc1Cn1ccn2nccc2c1=O. The second-order valence-corrected chi connectivity index (χ2v) is 4.50. The van der Waals surface area contributed by atoms with Gasteiger partial charge in [-0.1, -0.05) is 0 Å². The third-order valence-electron chi connectivity index (χ3n) is 3.18. The molecule has 3 rings (SSSR count). The lowest BCUT2D eigenvalue weighted by Crippen LogP contribution is -2.22. The Morgan fingerprint density at radius 2 is 2.10 bits per heavy atom. The van der Waals surface area contributed by atoms with Crippen LogP contribution >= 0.6 is 0 Å². The molecule has 1 N–H and O–H groups in total. The predicted octanol–water partition coefficient (Wildman–Crippen LogP) is 1.38. The van der Waals surface area contributed by atoms with Crippen molar-refractivity contribution in [2.24, 2.45) is 0 Å². The van der Waals surface area contributed by atoms with Gasteiger partial charge in [-0.15, -0.1) is 0 Å². The minimum atomic E-state index is -1.16. The van der Waals surface area contributed by atoms with Crippen LogP contribution in [0, 0.1) is 5.82 Å². The highest BCUT2D eigenvalue weighted by atomic mass is 19.1. The van der Waals surface area contributed by atoms with Crippen LogP contribution in [-0.4, -0.2) is 25.3 Å². The molecule has 21 heavy (non-hydrogen) atoms. The number of hydrogen-bond donors (Lipinski definition) is 1. The highest BCUT2D eigenvalue weighted by molar-refractivity contribution is 5.89. The molecule has 106 valence electrons. The average molecular weight is 287 g/mol. The van der Waals surface area contributed by atoms with Crippen LogP contribution in [0.25, 0.3) is 5.52 Å². The molecule has 0 aliphatic heterocycles. The molecule has 0 fully saturated rings. The average Bonchev–Trinajstić information content (AvgIpc) is 2.91. The minimum absolute atomic E-state index is 0.0279. The van der Waals surface area contributed by atoms with Crippen molar-refractivity contribution >= 4 is 11.5 Å². The number of aromatic carboxylic acids is 1. The first-order chi connectivity index (χ1) is 10.1. The van der Waals surface area contributed by atoms with Gasteiger partial charge in [-0.2, -0.15) is 5.10 Å². The van der Waals surface area contributed by atoms with Gasteiger partial charge < -0.3 is 9.67 Å². The first-order valence-corrected chi connectivity index (χ1v) is 6.11. The Hall–Kier alpha value is -2.96. The Balaban J connectivity index is 2.10. The monoisotopic (exact) mass is 287 g/mol. The maximum Gasteiger partial charge on any atom is 0.336 e. The molecular formula is C14H10FN3O3. The molecule has 0 bridgehead atoms. The molecule has 3 aromatic rings. The van der Waals surface area contributed by atoms with E-state index >= 15 is 0 Å². The molecule has 0 aliphatic rings. The predicted molar refractivity (Wildman–Crippen MR) is 71.9 cm³/mol. The normalized spacial score (nSPS) is 10.9. The minimum Gasteiger partial charge on any atom is -0.478 e. The molecule has 1 aromatic carbocycles. The van der Waals surface area contributed by atoms with Gasteiger partial charge in [-0.25, -0.2) is 13.7 Å². The van der Waals surface area contributed by atoms with Crippen molar-refractivity contribution in [3.63, 3.8) is 0 Å². The zero-order valence-electron chi connectivity index (χ0n) is 10.7. The van der Waals surface area contributed by atoms with E-state index in [-0.39, 0.29) is 23.2 Å². The summed E-state index contributed by atoms with van der Waals surface area (Å²) in [4.78, 5) is 23.4. The fourth-order valence-electron chi connectivity index (χ4n) is 2.17. The van der Waals surface area contributed by atoms with E-state index in [9.17, 15) is 14.0 Å². The fraction of sp³-hybridized carbons (Fsp3) is 0.0714. The molecule has 0 amide bonds. The van der Waals surface area contributed by atoms with E-state index in [1.54, 1.807) is 12.3 Å². The molecule has 0 radical (unpaired) electrons. The highest BCUT2D eigenvalue weighted by Gasteiger charge is 2.12. The van der Waals surface area contributed by atoms with Crippen molar-refractivity contribution in [2.75, 3.05) is 0 Å². The smallest absolute Gasteiger partial charge is 0.336 e. The molecule has 2 heterocycles. The van der Waals surface area contributed by atoms with Gasteiger partial charge in [0.05, 0.1) is 18.3 Å². The Morgan fingerprint density at radius 1 is 1.29 bits per heavy atom. The molecule has 2 aromatic heterocycles. The van der Waals surface area contributed by atoms with Crippen molar-refractivity contribution in [1.82, 2.24) is 14.2 Å². The van der Waals surface area contributed by atoms with Crippen molar-refractivity contribution in [2.45, 2.75) is 6.54 Å². The van der Waals surface area contributed by atoms with Crippen LogP contribution in [0.1, 0.15) is 15.9 Å². The number of benzene rings is 1. The fourth-order valence-corrected chi connectivity index (χ4v) is 2.17. The standard InChI is InChI=1S/C14H10FN3O3/c15-10-1-2-11(14(20)21)9(7-10)8-17-5-6-18-12(13(17)19)3-4-16-18/h1-7H,8H2,(H,20,21). The summed E-state index contributed by atoms with van der Waals surface area (Å²) in [5, 5.41) is 13.1. The van der Waals surface area contributed by atoms with Crippen LogP contribution in [0.2, 0.25) is 0 Å². The number of nitrogens with zero attached hydrogens (tertiary/aromatic N) is 3. The third-order valence-corrected chi connectivity index (χ3v) is 3.18. The van der Waals surface area contributed by atoms with E-state index in [2.05, 4.69) is 5.10 Å². The summed E-state index contributed by atoms with van der Waals surface area (Å²) in [6.45, 7) is -0.0279. The Morgan fingerprint density at radius 3 is 2.86 bits per heavy atom. The van der Waals surface area contributed by atoms with E-state index in [0.717, 1.165) is 12.1 Å². The molecular weight excluding hydrogens is 277 g/mol. The van der Waals surface area contributed by atoms with E-state index in [1.165, 1.54) is 27.5 Å². The van der Waals surface area contributed by atoms with Gasteiger partial charge in [-0.05, 0) is 29.8 Å². The number of aromatic nitrogens is 3. The van der Waals surface area contributed by atoms with Crippen molar-refractivity contribution in [3.8, 4) is 0 Å². The van der Waals surface area contributed by atoms with Gasteiger partial charge in [-0.3, -0.25) is 4.79 Å². The van der Waals surface area contributed by atoms with Crippen LogP contribution in [0.3, 0.4) is 0 Å². The Kier molecular flexibility index (Phi) is 3.02. The van der Waals surface area contributed by atoms with E-state index < -0.39 is 11.8 Å². The zero-order chi connectivity index (χ0) is 15.0. The summed E-state index contributed by atoms with van der Waals surface area (Å²) >= 11 is 0. The second-order valence-electron chi connectivity index (χ2n) is 4.50. The number of carbonyl (C=O) groups is 1. The number of halogens is 1. The van der Waals surface area contributed by atoms with E-state index in [0.29, 0.717) is 5.52 Å². The third kappa shape index (κ3) is 2.29. The van der Waals surface area contributed by atoms with Crippen LogP contribution < -0.4 is 5.56 Å². The van der Waals surface area contributed by atoms with E-state index in [4.69, 9.17) is 5.11 Å². The molecule has 0 saturated carbocycles. The zero-order valence-corrected chi connectivity index (χ0v) is 10.7. The maximum absolute atomic E-state index is 13.3. The number of rotatable bonds is 3. The summed E-state index contributed by atoms with van der Waals surface area (Å²) < 4.78 is 16.1. The lowest BCUT2D eigenvalue weighted by molar-refractivity contribution is 0.0695. The van der Waals surface area contributed by atoms with Crippen LogP contribution in [-0.2, 0) is 6.54 Å². The van der Waals surface area contributed by atoms with E-state index in [1.807, 2.05) is 0 Å². The van der Waals surface area contributed by atoms with Gasteiger partial charge in [0.2, 0.25) is 0 Å².